The standard InChI is InChI=1S/C9H19NO4S/c1-2-4-10(9(12)6-11)8-3-5-15(13,14)7-8/h8,11,13-14H,2-7H2,1H3. The second-order valence-electron chi connectivity index (χ2n) is 3.86. The molecule has 0 bridgehead atoms. The average molecular weight is 237 g/mol. The van der Waals surface area contributed by atoms with Crippen molar-refractivity contribution in [3.63, 3.8) is 0 Å². The Morgan fingerprint density at radius 1 is 1.53 bits per heavy atom. The van der Waals surface area contributed by atoms with Crippen molar-refractivity contribution in [2.24, 2.45) is 0 Å². The van der Waals surface area contributed by atoms with Crippen LogP contribution in [0.15, 0.2) is 0 Å². The predicted octanol–water partition coefficient (Wildman–Crippen LogP) is 0.740. The van der Waals surface area contributed by atoms with E-state index in [4.69, 9.17) is 5.11 Å². The van der Waals surface area contributed by atoms with E-state index in [1.807, 2.05) is 6.92 Å². The molecule has 0 saturated carbocycles. The van der Waals surface area contributed by atoms with Crippen LogP contribution in [0.4, 0.5) is 0 Å². The molecule has 15 heavy (non-hydrogen) atoms. The molecule has 1 fully saturated rings. The van der Waals surface area contributed by atoms with E-state index in [1.54, 1.807) is 4.90 Å². The molecule has 90 valence electrons. The maximum absolute atomic E-state index is 11.4. The van der Waals surface area contributed by atoms with Crippen LogP contribution in [0, 0.1) is 0 Å². The number of hydrogen-bond acceptors (Lipinski definition) is 4. The lowest BCUT2D eigenvalue weighted by molar-refractivity contribution is -0.136. The second-order valence-corrected chi connectivity index (χ2v) is 6.21. The van der Waals surface area contributed by atoms with E-state index in [-0.39, 0.29) is 17.7 Å². The molecule has 1 saturated heterocycles. The fourth-order valence-corrected chi connectivity index (χ4v) is 3.67. The van der Waals surface area contributed by atoms with Crippen molar-refractivity contribution in [3.8, 4) is 0 Å². The van der Waals surface area contributed by atoms with Crippen molar-refractivity contribution in [2.45, 2.75) is 25.8 Å². The van der Waals surface area contributed by atoms with Crippen LogP contribution in [-0.2, 0) is 4.79 Å². The molecule has 0 aliphatic carbocycles. The Morgan fingerprint density at radius 3 is 2.60 bits per heavy atom. The highest BCUT2D eigenvalue weighted by molar-refractivity contribution is 8.24. The normalized spacial score (nSPS) is 26.3. The Morgan fingerprint density at radius 2 is 2.20 bits per heavy atom. The zero-order valence-electron chi connectivity index (χ0n) is 8.93. The maximum atomic E-state index is 11.4. The first-order valence-corrected chi connectivity index (χ1v) is 7.02. The molecule has 0 aromatic rings. The minimum absolute atomic E-state index is 0.116. The van der Waals surface area contributed by atoms with Crippen molar-refractivity contribution in [2.75, 3.05) is 24.7 Å². The molecule has 3 N–H and O–H groups in total. The molecule has 0 spiro atoms. The van der Waals surface area contributed by atoms with E-state index < -0.39 is 17.2 Å². The monoisotopic (exact) mass is 237 g/mol. The van der Waals surface area contributed by atoms with Gasteiger partial charge in [-0.15, -0.1) is 0 Å². The summed E-state index contributed by atoms with van der Waals surface area (Å²) >= 11 is 0. The molecule has 1 unspecified atom stereocenters. The third-order valence-corrected chi connectivity index (χ3v) is 4.41. The van der Waals surface area contributed by atoms with Crippen molar-refractivity contribution in [1.82, 2.24) is 4.90 Å². The van der Waals surface area contributed by atoms with E-state index in [9.17, 15) is 13.9 Å². The molecule has 1 amide bonds. The molecular weight excluding hydrogens is 218 g/mol. The topological polar surface area (TPSA) is 81.0 Å². The second kappa shape index (κ2) is 5.16. The summed E-state index contributed by atoms with van der Waals surface area (Å²) < 4.78 is 18.9. The largest absolute Gasteiger partial charge is 0.387 e. The van der Waals surface area contributed by atoms with Gasteiger partial charge in [-0.05, 0) is 12.8 Å². The van der Waals surface area contributed by atoms with Crippen LogP contribution in [0.5, 0.6) is 0 Å². The molecule has 0 aromatic carbocycles. The van der Waals surface area contributed by atoms with Crippen LogP contribution in [0.3, 0.4) is 0 Å². The number of aliphatic hydroxyl groups is 1. The van der Waals surface area contributed by atoms with Gasteiger partial charge in [-0.1, -0.05) is 6.92 Å². The van der Waals surface area contributed by atoms with Crippen LogP contribution in [-0.4, -0.2) is 55.7 Å². The molecule has 5 nitrogen and oxygen atoms in total. The molecule has 1 atom stereocenters. The molecule has 0 radical (unpaired) electrons. The Bertz CT molecular complexity index is 234. The van der Waals surface area contributed by atoms with Crippen LogP contribution in [0.1, 0.15) is 19.8 Å². The van der Waals surface area contributed by atoms with Gasteiger partial charge in [0.15, 0.2) is 0 Å². The highest BCUT2D eigenvalue weighted by Gasteiger charge is 2.33. The molecule has 6 heteroatoms. The Labute approximate surface area is 91.4 Å². The summed E-state index contributed by atoms with van der Waals surface area (Å²) in [5.74, 6) is 0.314. The Hall–Kier alpha value is -0.300. The first kappa shape index (κ1) is 12.8. The smallest absolute Gasteiger partial charge is 0.248 e. The van der Waals surface area contributed by atoms with E-state index >= 15 is 0 Å². The summed E-state index contributed by atoms with van der Waals surface area (Å²) in [7, 11) is -2.48. The first-order chi connectivity index (χ1) is 7.00. The van der Waals surface area contributed by atoms with Crippen LogP contribution in [0.25, 0.3) is 0 Å². The fraction of sp³-hybridized carbons (Fsp3) is 0.889. The van der Waals surface area contributed by atoms with Crippen molar-refractivity contribution < 1.29 is 19.0 Å². The van der Waals surface area contributed by atoms with Gasteiger partial charge < -0.3 is 10.0 Å². The van der Waals surface area contributed by atoms with E-state index in [0.717, 1.165) is 6.42 Å². The molecule has 1 aliphatic heterocycles. The lowest BCUT2D eigenvalue weighted by atomic mass is 10.2. The minimum Gasteiger partial charge on any atom is -0.387 e. The molecule has 1 heterocycles. The molecule has 1 rings (SSSR count). The minimum atomic E-state index is -2.48. The van der Waals surface area contributed by atoms with Gasteiger partial charge in [0.25, 0.3) is 0 Å². The van der Waals surface area contributed by atoms with E-state index in [2.05, 4.69) is 0 Å². The number of amides is 1. The van der Waals surface area contributed by atoms with Gasteiger partial charge in [0.1, 0.15) is 6.61 Å². The Balaban J connectivity index is 2.61. The summed E-state index contributed by atoms with van der Waals surface area (Å²) in [6.07, 6.45) is 1.43. The quantitative estimate of drug-likeness (QED) is 0.673. The third kappa shape index (κ3) is 3.34. The van der Waals surface area contributed by atoms with Gasteiger partial charge in [0.05, 0.1) is 11.8 Å². The number of carbonyl (C=O) groups excluding carboxylic acids is 1. The summed E-state index contributed by atoms with van der Waals surface area (Å²) in [5, 5.41) is 8.81. The number of rotatable bonds is 4. The lowest BCUT2D eigenvalue weighted by Crippen LogP contribution is -2.42. The van der Waals surface area contributed by atoms with Crippen molar-refractivity contribution in [3.05, 3.63) is 0 Å². The number of aliphatic hydroxyl groups excluding tert-OH is 1. The molecule has 0 aromatic heterocycles. The summed E-state index contributed by atoms with van der Waals surface area (Å²) in [6.45, 7) is 2.01. The van der Waals surface area contributed by atoms with Gasteiger partial charge in [0, 0.05) is 12.3 Å². The van der Waals surface area contributed by atoms with E-state index in [0.29, 0.717) is 18.7 Å². The van der Waals surface area contributed by atoms with Crippen LogP contribution in [0.2, 0.25) is 0 Å². The zero-order valence-corrected chi connectivity index (χ0v) is 9.74. The van der Waals surface area contributed by atoms with Crippen molar-refractivity contribution in [1.29, 1.82) is 0 Å². The maximum Gasteiger partial charge on any atom is 0.248 e. The van der Waals surface area contributed by atoms with Crippen LogP contribution < -0.4 is 0 Å². The van der Waals surface area contributed by atoms with Gasteiger partial charge in [-0.2, -0.15) is 10.6 Å². The molecule has 1 aliphatic rings. The zero-order chi connectivity index (χ0) is 11.5. The number of nitrogens with zero attached hydrogens (tertiary/aromatic N) is 1. The fourth-order valence-electron chi connectivity index (χ4n) is 1.89. The van der Waals surface area contributed by atoms with Gasteiger partial charge in [-0.25, -0.2) is 0 Å². The lowest BCUT2D eigenvalue weighted by Gasteiger charge is -2.31. The number of hydrogen-bond donors (Lipinski definition) is 3. The summed E-state index contributed by atoms with van der Waals surface area (Å²) in [6, 6.07) is -0.116. The van der Waals surface area contributed by atoms with Gasteiger partial charge >= 0.3 is 0 Å². The summed E-state index contributed by atoms with van der Waals surface area (Å²) in [5.41, 5.74) is 0. The van der Waals surface area contributed by atoms with Gasteiger partial charge in [-0.3, -0.25) is 13.9 Å². The molecular formula is C9H19NO4S. The summed E-state index contributed by atoms with van der Waals surface area (Å²) in [4.78, 5) is 13.0. The van der Waals surface area contributed by atoms with Gasteiger partial charge in [0.2, 0.25) is 5.91 Å². The van der Waals surface area contributed by atoms with Crippen molar-refractivity contribution >= 4 is 16.5 Å². The SMILES string of the molecule is CCCN(C(=O)CO)C1CCS(O)(O)C1. The third-order valence-electron chi connectivity index (χ3n) is 2.60. The van der Waals surface area contributed by atoms with E-state index in [1.165, 1.54) is 0 Å². The van der Waals surface area contributed by atoms with Crippen LogP contribution >= 0.6 is 10.6 Å². The first-order valence-electron chi connectivity index (χ1n) is 5.14. The highest BCUT2D eigenvalue weighted by Crippen LogP contribution is 2.47. The number of carbonyl (C=O) groups is 1. The average Bonchev–Trinajstić information content (AvgIpc) is 2.54. The predicted molar refractivity (Wildman–Crippen MR) is 60.1 cm³/mol. The Kier molecular flexibility index (Phi) is 4.39. The highest BCUT2D eigenvalue weighted by atomic mass is 32.3.